The first kappa shape index (κ1) is 16.1. The topological polar surface area (TPSA) is 48.5 Å². The lowest BCUT2D eigenvalue weighted by atomic mass is 10.00. The molecule has 1 atom stereocenters. The summed E-state index contributed by atoms with van der Waals surface area (Å²) in [6.45, 7) is 3.90. The van der Waals surface area contributed by atoms with Crippen molar-refractivity contribution in [3.05, 3.63) is 52.0 Å². The molecule has 1 aromatic carbocycles. The molecule has 1 aliphatic rings. The number of likely N-dealkylation sites (N-methyl/N-ethyl adjacent to an activating group) is 1. The van der Waals surface area contributed by atoms with Gasteiger partial charge in [0, 0.05) is 50.2 Å². The van der Waals surface area contributed by atoms with E-state index in [0.717, 1.165) is 37.4 Å². The first-order valence-corrected chi connectivity index (χ1v) is 8.73. The molecule has 23 heavy (non-hydrogen) atoms. The summed E-state index contributed by atoms with van der Waals surface area (Å²) in [5, 5.41) is 4.80. The number of nitrogens with one attached hydrogen (secondary N) is 1. The van der Waals surface area contributed by atoms with E-state index in [1.54, 1.807) is 18.4 Å². The van der Waals surface area contributed by atoms with Crippen LogP contribution in [0.5, 0.6) is 0 Å². The number of amides is 1. The molecule has 6 heteroatoms. The highest BCUT2D eigenvalue weighted by atomic mass is 32.1. The van der Waals surface area contributed by atoms with E-state index in [0.29, 0.717) is 6.04 Å². The summed E-state index contributed by atoms with van der Waals surface area (Å²) < 4.78 is 0. The van der Waals surface area contributed by atoms with Crippen molar-refractivity contribution in [2.24, 2.45) is 0 Å². The predicted octanol–water partition coefficient (Wildman–Crippen LogP) is 1.99. The standard InChI is InChI=1S/C17H22N4OS/c1-18-17(22)14-5-3-4-13(8-14)16-10-21(7-6-20(16)2)9-15-11-23-12-19-15/h3-5,8,11-12,16H,6-7,9-10H2,1-2H3,(H,18,22)/t16-/m1/s1. The van der Waals surface area contributed by atoms with Crippen LogP contribution in [-0.2, 0) is 6.54 Å². The Kier molecular flexibility index (Phi) is 5.05. The Hall–Kier alpha value is -1.76. The second kappa shape index (κ2) is 7.21. The molecule has 0 bridgehead atoms. The summed E-state index contributed by atoms with van der Waals surface area (Å²) in [5.74, 6) is -0.0374. The zero-order chi connectivity index (χ0) is 16.2. The number of aromatic nitrogens is 1. The van der Waals surface area contributed by atoms with Crippen LogP contribution in [0, 0.1) is 0 Å². The summed E-state index contributed by atoms with van der Waals surface area (Å²) in [7, 11) is 3.81. The quantitative estimate of drug-likeness (QED) is 0.931. The molecule has 3 rings (SSSR count). The van der Waals surface area contributed by atoms with Gasteiger partial charge in [0.15, 0.2) is 0 Å². The summed E-state index contributed by atoms with van der Waals surface area (Å²) in [5.41, 5.74) is 4.93. The smallest absolute Gasteiger partial charge is 0.251 e. The van der Waals surface area contributed by atoms with Gasteiger partial charge >= 0.3 is 0 Å². The molecule has 0 aliphatic carbocycles. The van der Waals surface area contributed by atoms with Crippen molar-refractivity contribution in [2.75, 3.05) is 33.7 Å². The fourth-order valence-corrected chi connectivity index (χ4v) is 3.56. The maximum atomic E-state index is 11.9. The third kappa shape index (κ3) is 3.77. The van der Waals surface area contributed by atoms with Crippen molar-refractivity contribution in [1.29, 1.82) is 0 Å². The number of carbonyl (C=O) groups excluding carboxylic acids is 1. The van der Waals surface area contributed by atoms with Crippen molar-refractivity contribution >= 4 is 17.2 Å². The molecule has 1 aliphatic heterocycles. The lowest BCUT2D eigenvalue weighted by Crippen LogP contribution is -2.46. The monoisotopic (exact) mass is 330 g/mol. The average molecular weight is 330 g/mol. The number of rotatable bonds is 4. The molecule has 122 valence electrons. The van der Waals surface area contributed by atoms with Crippen molar-refractivity contribution in [3.63, 3.8) is 0 Å². The van der Waals surface area contributed by atoms with E-state index in [2.05, 4.69) is 38.6 Å². The van der Waals surface area contributed by atoms with Crippen LogP contribution in [0.4, 0.5) is 0 Å². The zero-order valence-electron chi connectivity index (χ0n) is 13.5. The lowest BCUT2D eigenvalue weighted by molar-refractivity contribution is 0.0894. The molecule has 5 nitrogen and oxygen atoms in total. The fraction of sp³-hybridized carbons (Fsp3) is 0.412. The molecule has 1 aromatic heterocycles. The molecule has 0 spiro atoms. The lowest BCUT2D eigenvalue weighted by Gasteiger charge is -2.39. The van der Waals surface area contributed by atoms with Gasteiger partial charge in [-0.3, -0.25) is 14.6 Å². The molecule has 0 unspecified atom stereocenters. The van der Waals surface area contributed by atoms with Crippen molar-refractivity contribution in [1.82, 2.24) is 20.1 Å². The first-order chi connectivity index (χ1) is 11.2. The second-order valence-corrected chi connectivity index (χ2v) is 6.63. The summed E-state index contributed by atoms with van der Waals surface area (Å²) in [6.07, 6.45) is 0. The van der Waals surface area contributed by atoms with Crippen LogP contribution in [0.25, 0.3) is 0 Å². The molecular formula is C17H22N4OS. The number of carbonyl (C=O) groups is 1. The van der Waals surface area contributed by atoms with Crippen LogP contribution < -0.4 is 5.32 Å². The SMILES string of the molecule is CNC(=O)c1cccc([C@H]2CN(Cc3cscn3)CCN2C)c1. The number of thiazole rings is 1. The Morgan fingerprint density at radius 2 is 2.30 bits per heavy atom. The highest BCUT2D eigenvalue weighted by Gasteiger charge is 2.26. The molecule has 0 saturated carbocycles. The fourth-order valence-electron chi connectivity index (χ4n) is 3.01. The molecule has 1 fully saturated rings. The van der Waals surface area contributed by atoms with Gasteiger partial charge < -0.3 is 5.32 Å². The van der Waals surface area contributed by atoms with Crippen molar-refractivity contribution in [2.45, 2.75) is 12.6 Å². The van der Waals surface area contributed by atoms with Crippen LogP contribution in [0.3, 0.4) is 0 Å². The predicted molar refractivity (Wildman–Crippen MR) is 92.6 cm³/mol. The first-order valence-electron chi connectivity index (χ1n) is 7.79. The molecule has 1 amide bonds. The number of hydrogen-bond acceptors (Lipinski definition) is 5. The third-order valence-corrected chi connectivity index (χ3v) is 5.00. The zero-order valence-corrected chi connectivity index (χ0v) is 14.3. The summed E-state index contributed by atoms with van der Waals surface area (Å²) in [6, 6.07) is 8.24. The van der Waals surface area contributed by atoms with E-state index in [4.69, 9.17) is 0 Å². The van der Waals surface area contributed by atoms with E-state index in [9.17, 15) is 4.79 Å². The van der Waals surface area contributed by atoms with Gasteiger partial charge in [0.2, 0.25) is 0 Å². The minimum Gasteiger partial charge on any atom is -0.355 e. The van der Waals surface area contributed by atoms with Crippen LogP contribution >= 0.6 is 11.3 Å². The number of nitrogens with zero attached hydrogens (tertiary/aromatic N) is 3. The van der Waals surface area contributed by atoms with Gasteiger partial charge in [-0.1, -0.05) is 12.1 Å². The van der Waals surface area contributed by atoms with Gasteiger partial charge in [0.1, 0.15) is 0 Å². The maximum Gasteiger partial charge on any atom is 0.251 e. The van der Waals surface area contributed by atoms with E-state index < -0.39 is 0 Å². The largest absolute Gasteiger partial charge is 0.355 e. The van der Waals surface area contributed by atoms with E-state index in [1.165, 1.54) is 5.56 Å². The van der Waals surface area contributed by atoms with E-state index in [-0.39, 0.29) is 5.91 Å². The van der Waals surface area contributed by atoms with Crippen LogP contribution in [0.2, 0.25) is 0 Å². The molecular weight excluding hydrogens is 308 g/mol. The minimum absolute atomic E-state index is 0.0374. The molecule has 1 saturated heterocycles. The number of benzene rings is 1. The Labute approximate surface area is 140 Å². The van der Waals surface area contributed by atoms with Gasteiger partial charge in [-0.05, 0) is 24.7 Å². The third-order valence-electron chi connectivity index (χ3n) is 4.36. The van der Waals surface area contributed by atoms with Crippen LogP contribution in [0.1, 0.15) is 27.7 Å². The number of hydrogen-bond donors (Lipinski definition) is 1. The Bertz CT molecular complexity index is 658. The highest BCUT2D eigenvalue weighted by Crippen LogP contribution is 2.25. The van der Waals surface area contributed by atoms with E-state index in [1.807, 2.05) is 23.7 Å². The second-order valence-electron chi connectivity index (χ2n) is 5.92. The Morgan fingerprint density at radius 3 is 3.04 bits per heavy atom. The molecule has 1 N–H and O–H groups in total. The average Bonchev–Trinajstić information content (AvgIpc) is 3.09. The molecule has 0 radical (unpaired) electrons. The Balaban J connectivity index is 1.76. The minimum atomic E-state index is -0.0374. The highest BCUT2D eigenvalue weighted by molar-refractivity contribution is 7.07. The van der Waals surface area contributed by atoms with Gasteiger partial charge in [-0.25, -0.2) is 4.98 Å². The van der Waals surface area contributed by atoms with Crippen molar-refractivity contribution in [3.8, 4) is 0 Å². The normalized spacial score (nSPS) is 19.7. The summed E-state index contributed by atoms with van der Waals surface area (Å²) >= 11 is 1.64. The van der Waals surface area contributed by atoms with Crippen LogP contribution in [-0.4, -0.2) is 54.4 Å². The van der Waals surface area contributed by atoms with Gasteiger partial charge in [0.25, 0.3) is 5.91 Å². The molecule has 2 heterocycles. The van der Waals surface area contributed by atoms with Gasteiger partial charge in [-0.2, -0.15) is 0 Å². The maximum absolute atomic E-state index is 11.9. The van der Waals surface area contributed by atoms with Crippen molar-refractivity contribution < 1.29 is 4.79 Å². The van der Waals surface area contributed by atoms with E-state index >= 15 is 0 Å². The van der Waals surface area contributed by atoms with Crippen LogP contribution in [0.15, 0.2) is 35.2 Å². The van der Waals surface area contributed by atoms with Gasteiger partial charge in [-0.15, -0.1) is 11.3 Å². The van der Waals surface area contributed by atoms with Gasteiger partial charge in [0.05, 0.1) is 11.2 Å². The Morgan fingerprint density at radius 1 is 1.43 bits per heavy atom. The molecule has 2 aromatic rings. The summed E-state index contributed by atoms with van der Waals surface area (Å²) in [4.78, 5) is 21.0. The number of piperazine rings is 1.